The quantitative estimate of drug-likeness (QED) is 0.108. The number of anilines is 1. The highest BCUT2D eigenvalue weighted by Crippen LogP contribution is 2.42. The summed E-state index contributed by atoms with van der Waals surface area (Å²) in [6.07, 6.45) is 1.07. The monoisotopic (exact) mass is 1000 g/mol. The van der Waals surface area contributed by atoms with Crippen molar-refractivity contribution < 1.29 is 68.1 Å². The van der Waals surface area contributed by atoms with Crippen LogP contribution in [0.1, 0.15) is 24.9 Å². The van der Waals surface area contributed by atoms with Gasteiger partial charge < -0.3 is 28.8 Å². The maximum atomic E-state index is 14.9. The normalized spacial score (nSPS) is 19.9. The van der Waals surface area contributed by atoms with Gasteiger partial charge in [0.15, 0.2) is 21.1 Å². The molecule has 4 N–H and O–H groups in total. The number of carboxylic acids is 2. The van der Waals surface area contributed by atoms with Crippen molar-refractivity contribution in [1.82, 2.24) is 18.6 Å². The van der Waals surface area contributed by atoms with Crippen LogP contribution >= 0.6 is 35.6 Å². The van der Waals surface area contributed by atoms with Gasteiger partial charge in [-0.2, -0.15) is 16.8 Å². The number of thioether (sulfide) groups is 1. The van der Waals surface area contributed by atoms with Gasteiger partial charge in [0, 0.05) is 17.6 Å². The van der Waals surface area contributed by atoms with E-state index in [1.807, 2.05) is 0 Å². The number of fused-ring (bicyclic) bond motifs is 1. The molecule has 0 radical (unpaired) electrons. The Hall–Kier alpha value is -5.55. The molecule has 0 aliphatic carbocycles. The second-order valence-electron chi connectivity index (χ2n) is 14.4. The summed E-state index contributed by atoms with van der Waals surface area (Å²) in [5, 5.41) is 19.4. The number of hydrogen-bond acceptors (Lipinski definition) is 16. The van der Waals surface area contributed by atoms with Crippen LogP contribution < -0.4 is 31.7 Å². The fourth-order valence-electron chi connectivity index (χ4n) is 7.37. The van der Waals surface area contributed by atoms with Crippen LogP contribution in [-0.2, 0) is 64.1 Å². The lowest BCUT2D eigenvalue weighted by atomic mass is 10.2. The van der Waals surface area contributed by atoms with Crippen LogP contribution in [0.2, 0.25) is 5.02 Å². The Morgan fingerprint density at radius 2 is 1.67 bits per heavy atom. The number of imidazole rings is 1. The minimum Gasteiger partial charge on any atom is -0.480 e. The molecule has 1 unspecified atom stereocenters. The van der Waals surface area contributed by atoms with E-state index in [9.17, 15) is 68.5 Å². The van der Waals surface area contributed by atoms with Gasteiger partial charge in [-0.1, -0.05) is 42.0 Å². The molecule has 0 saturated carbocycles. The summed E-state index contributed by atoms with van der Waals surface area (Å²) in [5.74, 6) is -6.25. The van der Waals surface area contributed by atoms with Gasteiger partial charge in [0.1, 0.15) is 27.7 Å². The van der Waals surface area contributed by atoms with Crippen molar-refractivity contribution in [2.45, 2.75) is 43.9 Å². The lowest BCUT2D eigenvalue weighted by molar-refractivity contribution is -0.140. The van der Waals surface area contributed by atoms with Crippen LogP contribution in [0.3, 0.4) is 0 Å². The van der Waals surface area contributed by atoms with E-state index >= 15 is 0 Å². The number of ether oxygens (including phenoxy) is 1. The van der Waals surface area contributed by atoms with E-state index < -0.39 is 134 Å². The first-order valence-electron chi connectivity index (χ1n) is 18.3. The number of oxazole rings is 1. The standard InChI is InChI=1S/C36H32ClN5O17S5/c1-18(12-25-39(22-13-20(37)6-7-23(22)58-25)14-19-4-2-3-5-24(19)64(55,56)57)28-32(47)42(21-8-10-62(50,51)17-21)31(40(28)15-26(43)44)29-33(48)38(9-11-63(52,53)54)35(59-29)30-34(49)41(16-27(45)46)36(60)61-30/h2-7,12-13,21H,8-11,14-17H2,1H3,(H,43,44)(H,45,46)(H,52,53,54)(H,55,56,57)/b25-12?,28-18?,31-29-,35-30?. The molecule has 2 saturated heterocycles. The minimum absolute atomic E-state index is 0.0712. The van der Waals surface area contributed by atoms with E-state index in [0.29, 0.717) is 26.9 Å². The Kier molecular flexibility index (Phi) is 12.4. The van der Waals surface area contributed by atoms with Crippen molar-refractivity contribution in [3.8, 4) is 5.75 Å². The summed E-state index contributed by atoms with van der Waals surface area (Å²) in [7, 11) is -13.4. The minimum atomic E-state index is -4.82. The lowest BCUT2D eigenvalue weighted by Gasteiger charge is -2.20. The molecule has 7 rings (SSSR count). The van der Waals surface area contributed by atoms with Gasteiger partial charge in [-0.05, 0) is 60.5 Å². The van der Waals surface area contributed by atoms with Gasteiger partial charge in [-0.25, -0.2) is 8.42 Å². The summed E-state index contributed by atoms with van der Waals surface area (Å²) in [4.78, 5) is 68.2. The fourth-order valence-corrected chi connectivity index (χ4v) is 11.6. The van der Waals surface area contributed by atoms with Crippen molar-refractivity contribution in [2.24, 2.45) is 0 Å². The topological polar surface area (TPSA) is 312 Å². The molecule has 0 spiro atoms. The summed E-state index contributed by atoms with van der Waals surface area (Å²) >= 11 is 12.0. The van der Waals surface area contributed by atoms with E-state index in [-0.39, 0.29) is 45.1 Å². The van der Waals surface area contributed by atoms with Gasteiger partial charge in [-0.3, -0.25) is 47.1 Å². The molecule has 2 aromatic heterocycles. The number of rotatable bonds is 12. The van der Waals surface area contributed by atoms with Crippen molar-refractivity contribution in [3.05, 3.63) is 108 Å². The fraction of sp³-hybridized carbons (Fsp3) is 0.278. The van der Waals surface area contributed by atoms with Crippen LogP contribution in [0.15, 0.2) is 73.3 Å². The molecule has 5 heterocycles. The zero-order chi connectivity index (χ0) is 46.8. The maximum Gasteiger partial charge on any atom is 0.323 e. The molecule has 22 nitrogen and oxygen atoms in total. The van der Waals surface area contributed by atoms with E-state index in [1.54, 1.807) is 0 Å². The number of hydrogen-bond donors (Lipinski definition) is 4. The molecular formula is C36H32ClN5O17S5. The van der Waals surface area contributed by atoms with Gasteiger partial charge in [0.25, 0.3) is 37.3 Å². The Morgan fingerprint density at radius 3 is 2.30 bits per heavy atom. The van der Waals surface area contributed by atoms with Crippen LogP contribution in [-0.4, -0.2) is 109 Å². The first-order valence-corrected chi connectivity index (χ1v) is 24.8. The number of carbonyl (C=O) groups is 3. The van der Waals surface area contributed by atoms with Gasteiger partial charge in [0.2, 0.25) is 16.8 Å². The molecule has 1 atom stereocenters. The third-order valence-corrected chi connectivity index (χ3v) is 15.1. The number of sulfone groups is 1. The maximum absolute atomic E-state index is 14.9. The number of aromatic nitrogens is 3. The number of carbonyl (C=O) groups excluding carboxylic acids is 1. The summed E-state index contributed by atoms with van der Waals surface area (Å²) < 4.78 is 108. The number of thiocarbonyl (C=S) groups is 1. The second kappa shape index (κ2) is 17.1. The van der Waals surface area contributed by atoms with Crippen molar-refractivity contribution in [3.63, 3.8) is 0 Å². The van der Waals surface area contributed by atoms with Crippen molar-refractivity contribution in [2.75, 3.05) is 28.7 Å². The highest BCUT2D eigenvalue weighted by Gasteiger charge is 2.38. The van der Waals surface area contributed by atoms with Crippen LogP contribution in [0.4, 0.5) is 5.69 Å². The number of halogens is 1. The number of carboxylic acid groups (broad SMARTS) is 2. The number of allylic oxidation sites excluding steroid dienone is 1. The summed E-state index contributed by atoms with van der Waals surface area (Å²) in [5.41, 5.74) is -4.21. The third kappa shape index (κ3) is 9.19. The highest BCUT2D eigenvalue weighted by atomic mass is 35.5. The number of nitrogens with zero attached hydrogens (tertiary/aromatic N) is 5. The zero-order valence-corrected chi connectivity index (χ0v) is 37.4. The molecule has 28 heteroatoms. The molecule has 3 aliphatic heterocycles. The molecular weight excluding hydrogens is 970 g/mol. The predicted octanol–water partition coefficient (Wildman–Crippen LogP) is 0.0879. The van der Waals surface area contributed by atoms with E-state index in [4.69, 9.17) is 33.0 Å². The largest absolute Gasteiger partial charge is 0.480 e. The van der Waals surface area contributed by atoms with Crippen molar-refractivity contribution in [1.29, 1.82) is 0 Å². The number of benzene rings is 2. The first kappa shape index (κ1) is 46.4. The molecule has 0 bridgehead atoms. The Labute approximate surface area is 374 Å². The first-order chi connectivity index (χ1) is 29.8. The van der Waals surface area contributed by atoms with Crippen LogP contribution in [0.5, 0.6) is 5.75 Å². The highest BCUT2D eigenvalue weighted by molar-refractivity contribution is 8.30. The van der Waals surface area contributed by atoms with Crippen LogP contribution in [0, 0.1) is 10.9 Å². The molecule has 1 amide bonds. The van der Waals surface area contributed by atoms with Gasteiger partial charge >= 0.3 is 11.9 Å². The Bertz CT molecular complexity index is 3470. The van der Waals surface area contributed by atoms with E-state index in [1.165, 1.54) is 60.4 Å². The predicted molar refractivity (Wildman–Crippen MR) is 230 cm³/mol. The average Bonchev–Trinajstić information content (AvgIpc) is 3.95. The molecule has 340 valence electrons. The smallest absolute Gasteiger partial charge is 0.323 e. The molecule has 2 aromatic carbocycles. The van der Waals surface area contributed by atoms with Crippen molar-refractivity contribution >= 4 is 104 Å². The molecule has 2 fully saturated rings. The Morgan fingerprint density at radius 1 is 0.984 bits per heavy atom. The molecule has 64 heavy (non-hydrogen) atoms. The van der Waals surface area contributed by atoms with Gasteiger partial charge in [0.05, 0.1) is 40.4 Å². The van der Waals surface area contributed by atoms with Gasteiger partial charge in [-0.15, -0.1) is 0 Å². The lowest BCUT2D eigenvalue weighted by Crippen LogP contribution is -2.36. The molecule has 3 aliphatic rings. The molecule has 4 aromatic rings. The van der Waals surface area contributed by atoms with Crippen LogP contribution in [0.25, 0.3) is 10.5 Å². The van der Waals surface area contributed by atoms with E-state index in [2.05, 4.69) is 0 Å². The summed E-state index contributed by atoms with van der Waals surface area (Å²) in [6, 6.07) is 8.73. The SMILES string of the molecule is CC(C=C1Oc2ccc(Cl)cc2N1Cc1ccccc1S(=O)(=O)O)=c1c(=O)n(C2CCS(=O)(=O)C2)/c(=c2\oc(=C3SC(=S)N(CC(=O)O)C3=O)n(CCS(=O)(=O)O)c2=O)n1CC(=O)O. The van der Waals surface area contributed by atoms with E-state index in [0.717, 1.165) is 9.13 Å². The zero-order valence-electron chi connectivity index (χ0n) is 32.6. The third-order valence-electron chi connectivity index (χ3n) is 10.0. The summed E-state index contributed by atoms with van der Waals surface area (Å²) in [6.45, 7) is -1.85. The number of amides is 1. The Balaban J connectivity index is 1.59. The average molecular weight is 1000 g/mol. The number of aliphatic carboxylic acids is 2. The second-order valence-corrected chi connectivity index (χ2v) is 21.7.